The highest BCUT2D eigenvalue weighted by atomic mass is 32.2. The molecular formula is C11H21NO5S. The lowest BCUT2D eigenvalue weighted by Gasteiger charge is -2.29. The van der Waals surface area contributed by atoms with Crippen molar-refractivity contribution in [3.05, 3.63) is 0 Å². The normalized spacial score (nSPS) is 27.1. The Morgan fingerprint density at radius 2 is 2.06 bits per heavy atom. The van der Waals surface area contributed by atoms with E-state index in [2.05, 4.69) is 4.72 Å². The first-order valence-corrected chi connectivity index (χ1v) is 7.64. The van der Waals surface area contributed by atoms with E-state index in [0.717, 1.165) is 0 Å². The van der Waals surface area contributed by atoms with Gasteiger partial charge in [0, 0.05) is 6.61 Å². The Morgan fingerprint density at radius 1 is 1.44 bits per heavy atom. The van der Waals surface area contributed by atoms with E-state index in [9.17, 15) is 13.2 Å². The first-order valence-electron chi connectivity index (χ1n) is 6.09. The lowest BCUT2D eigenvalue weighted by atomic mass is 10.1. The molecule has 2 unspecified atom stereocenters. The molecule has 1 saturated heterocycles. The average Bonchev–Trinajstić information content (AvgIpc) is 2.25. The number of ether oxygens (including phenoxy) is 1. The molecule has 1 aliphatic heterocycles. The lowest BCUT2D eigenvalue weighted by Crippen LogP contribution is -2.49. The van der Waals surface area contributed by atoms with Gasteiger partial charge >= 0.3 is 5.97 Å². The summed E-state index contributed by atoms with van der Waals surface area (Å²) in [5, 5.41) is 8.44. The van der Waals surface area contributed by atoms with Crippen molar-refractivity contribution in [1.82, 2.24) is 4.72 Å². The summed E-state index contributed by atoms with van der Waals surface area (Å²) < 4.78 is 31.8. The van der Waals surface area contributed by atoms with Gasteiger partial charge in [-0.05, 0) is 25.7 Å². The Balaban J connectivity index is 2.77. The molecular weight excluding hydrogens is 258 g/mol. The van der Waals surface area contributed by atoms with Crippen molar-refractivity contribution in [2.75, 3.05) is 6.61 Å². The molecule has 2 N–H and O–H groups in total. The Kier molecular flexibility index (Phi) is 5.12. The van der Waals surface area contributed by atoms with Crippen LogP contribution >= 0.6 is 0 Å². The van der Waals surface area contributed by atoms with Gasteiger partial charge in [-0.3, -0.25) is 4.79 Å². The molecule has 0 aromatic heterocycles. The molecule has 7 heteroatoms. The minimum Gasteiger partial charge on any atom is -0.480 e. The lowest BCUT2D eigenvalue weighted by molar-refractivity contribution is -0.140. The standard InChI is InChI=1S/C11H21NO5S/c1-7(2)10(11(13)14)12-18(15,16)9-4-5-17-8(3)6-9/h7-10,12H,4-6H2,1-3H3,(H,13,14)/t8?,9?,10-/m1/s1. The summed E-state index contributed by atoms with van der Waals surface area (Å²) >= 11 is 0. The quantitative estimate of drug-likeness (QED) is 0.768. The molecule has 0 radical (unpaired) electrons. The smallest absolute Gasteiger partial charge is 0.321 e. The second-order valence-corrected chi connectivity index (χ2v) is 7.04. The van der Waals surface area contributed by atoms with E-state index in [1.807, 2.05) is 6.92 Å². The van der Waals surface area contributed by atoms with Gasteiger partial charge in [0.2, 0.25) is 10.0 Å². The largest absolute Gasteiger partial charge is 0.480 e. The van der Waals surface area contributed by atoms with Crippen molar-refractivity contribution >= 4 is 16.0 Å². The molecule has 0 aromatic carbocycles. The fourth-order valence-electron chi connectivity index (χ4n) is 1.98. The molecule has 6 nitrogen and oxygen atoms in total. The number of sulfonamides is 1. The summed E-state index contributed by atoms with van der Waals surface area (Å²) in [6, 6.07) is -1.08. The van der Waals surface area contributed by atoms with Crippen LogP contribution in [0.25, 0.3) is 0 Å². The third-order valence-electron chi connectivity index (χ3n) is 3.10. The van der Waals surface area contributed by atoms with Crippen LogP contribution in [0.3, 0.4) is 0 Å². The van der Waals surface area contributed by atoms with Crippen LogP contribution in [-0.2, 0) is 19.6 Å². The monoisotopic (exact) mass is 279 g/mol. The molecule has 0 saturated carbocycles. The first kappa shape index (κ1) is 15.4. The van der Waals surface area contributed by atoms with Gasteiger partial charge in [-0.15, -0.1) is 0 Å². The zero-order valence-corrected chi connectivity index (χ0v) is 11.7. The minimum absolute atomic E-state index is 0.109. The topological polar surface area (TPSA) is 92.7 Å². The molecule has 18 heavy (non-hydrogen) atoms. The summed E-state index contributed by atoms with van der Waals surface area (Å²) in [5.74, 6) is -1.44. The predicted molar refractivity (Wildman–Crippen MR) is 66.8 cm³/mol. The van der Waals surface area contributed by atoms with Crippen molar-refractivity contribution in [3.8, 4) is 0 Å². The Morgan fingerprint density at radius 3 is 2.50 bits per heavy atom. The third kappa shape index (κ3) is 3.93. The third-order valence-corrected chi connectivity index (χ3v) is 4.99. The Labute approximate surface area is 108 Å². The van der Waals surface area contributed by atoms with Crippen LogP contribution in [0.5, 0.6) is 0 Å². The number of aliphatic carboxylic acids is 1. The molecule has 1 rings (SSSR count). The Hall–Kier alpha value is -0.660. The van der Waals surface area contributed by atoms with Crippen LogP contribution in [-0.4, -0.2) is 43.5 Å². The van der Waals surface area contributed by atoms with E-state index in [-0.39, 0.29) is 12.0 Å². The molecule has 0 spiro atoms. The van der Waals surface area contributed by atoms with Gasteiger partial charge in [0.25, 0.3) is 0 Å². The second kappa shape index (κ2) is 5.99. The van der Waals surface area contributed by atoms with Gasteiger partial charge in [0.15, 0.2) is 0 Å². The summed E-state index contributed by atoms with van der Waals surface area (Å²) in [4.78, 5) is 11.0. The van der Waals surface area contributed by atoms with Crippen LogP contribution in [0.1, 0.15) is 33.6 Å². The fraction of sp³-hybridized carbons (Fsp3) is 0.909. The number of hydrogen-bond acceptors (Lipinski definition) is 4. The Bertz CT molecular complexity index is 392. The SMILES string of the molecule is CC1CC(S(=O)(=O)N[C@@H](C(=O)O)C(C)C)CCO1. The zero-order chi connectivity index (χ0) is 13.9. The van der Waals surface area contributed by atoms with Crippen molar-refractivity contribution in [3.63, 3.8) is 0 Å². The number of hydrogen-bond donors (Lipinski definition) is 2. The molecule has 0 amide bonds. The van der Waals surface area contributed by atoms with Crippen LogP contribution in [0.15, 0.2) is 0 Å². The molecule has 0 aromatic rings. The van der Waals surface area contributed by atoms with E-state index in [1.165, 1.54) is 0 Å². The molecule has 1 heterocycles. The van der Waals surface area contributed by atoms with Gasteiger partial charge in [0.1, 0.15) is 6.04 Å². The van der Waals surface area contributed by atoms with Gasteiger partial charge < -0.3 is 9.84 Å². The molecule has 0 aliphatic carbocycles. The molecule has 106 valence electrons. The van der Waals surface area contributed by atoms with Crippen molar-refractivity contribution < 1.29 is 23.1 Å². The predicted octanol–water partition coefficient (Wildman–Crippen LogP) is 0.583. The maximum atomic E-state index is 12.1. The average molecular weight is 279 g/mol. The van der Waals surface area contributed by atoms with E-state index in [4.69, 9.17) is 9.84 Å². The van der Waals surface area contributed by atoms with Crippen LogP contribution in [0, 0.1) is 5.92 Å². The maximum Gasteiger partial charge on any atom is 0.321 e. The number of carbonyl (C=O) groups is 1. The molecule has 1 aliphatic rings. The molecule has 3 atom stereocenters. The van der Waals surface area contributed by atoms with Gasteiger partial charge in [-0.25, -0.2) is 13.1 Å². The summed E-state index contributed by atoms with van der Waals surface area (Å²) in [7, 11) is -3.62. The highest BCUT2D eigenvalue weighted by Crippen LogP contribution is 2.20. The molecule has 1 fully saturated rings. The van der Waals surface area contributed by atoms with Crippen LogP contribution < -0.4 is 4.72 Å². The number of nitrogens with one attached hydrogen (secondary N) is 1. The van der Waals surface area contributed by atoms with Crippen molar-refractivity contribution in [1.29, 1.82) is 0 Å². The highest BCUT2D eigenvalue weighted by Gasteiger charge is 2.35. The van der Waals surface area contributed by atoms with E-state index >= 15 is 0 Å². The number of carboxylic acid groups (broad SMARTS) is 1. The maximum absolute atomic E-state index is 12.1. The van der Waals surface area contributed by atoms with Crippen molar-refractivity contribution in [2.24, 2.45) is 5.92 Å². The number of carboxylic acids is 1. The summed E-state index contributed by atoms with van der Waals surface area (Å²) in [6.07, 6.45) is 0.701. The van der Waals surface area contributed by atoms with E-state index in [1.54, 1.807) is 13.8 Å². The first-order chi connectivity index (χ1) is 8.24. The van der Waals surface area contributed by atoms with Crippen LogP contribution in [0.4, 0.5) is 0 Å². The van der Waals surface area contributed by atoms with Crippen molar-refractivity contribution in [2.45, 2.75) is 51.0 Å². The minimum atomic E-state index is -3.62. The van der Waals surface area contributed by atoms with Gasteiger partial charge in [-0.1, -0.05) is 13.8 Å². The van der Waals surface area contributed by atoms with E-state index < -0.39 is 27.3 Å². The second-order valence-electron chi connectivity index (χ2n) is 5.05. The number of rotatable bonds is 5. The van der Waals surface area contributed by atoms with Crippen LogP contribution in [0.2, 0.25) is 0 Å². The highest BCUT2D eigenvalue weighted by molar-refractivity contribution is 7.90. The van der Waals surface area contributed by atoms with E-state index in [0.29, 0.717) is 19.4 Å². The fourth-order valence-corrected chi connectivity index (χ4v) is 3.83. The van der Waals surface area contributed by atoms with Gasteiger partial charge in [-0.2, -0.15) is 0 Å². The van der Waals surface area contributed by atoms with Gasteiger partial charge in [0.05, 0.1) is 11.4 Å². The summed E-state index contributed by atoms with van der Waals surface area (Å²) in [5.41, 5.74) is 0. The summed E-state index contributed by atoms with van der Waals surface area (Å²) in [6.45, 7) is 5.56. The zero-order valence-electron chi connectivity index (χ0n) is 10.9. The molecule has 0 bridgehead atoms.